The van der Waals surface area contributed by atoms with Crippen molar-refractivity contribution in [1.82, 2.24) is 20.3 Å². The Bertz CT molecular complexity index is 1710. The summed E-state index contributed by atoms with van der Waals surface area (Å²) in [5, 5.41) is 7.36. The van der Waals surface area contributed by atoms with Crippen molar-refractivity contribution in [2.75, 3.05) is 5.32 Å². The second-order valence-electron chi connectivity index (χ2n) is 9.92. The maximum atomic E-state index is 13.4. The zero-order valence-electron chi connectivity index (χ0n) is 21.4. The highest BCUT2D eigenvalue weighted by Crippen LogP contribution is 2.34. The van der Waals surface area contributed by atoms with E-state index in [0.29, 0.717) is 22.0 Å². The van der Waals surface area contributed by atoms with E-state index in [1.807, 2.05) is 68.4 Å². The number of aromatic nitrogens is 3. The van der Waals surface area contributed by atoms with Crippen LogP contribution in [0.1, 0.15) is 53.2 Å². The maximum absolute atomic E-state index is 13.4. The molecule has 1 saturated carbocycles. The first-order valence-corrected chi connectivity index (χ1v) is 13.5. The first-order chi connectivity index (χ1) is 18.3. The van der Waals surface area contributed by atoms with Gasteiger partial charge in [0, 0.05) is 11.3 Å². The zero-order valence-corrected chi connectivity index (χ0v) is 22.2. The van der Waals surface area contributed by atoms with Crippen LogP contribution in [0.5, 0.6) is 0 Å². The second-order valence-corrected chi connectivity index (χ2v) is 11.0. The Hall–Kier alpha value is -4.17. The van der Waals surface area contributed by atoms with Gasteiger partial charge < -0.3 is 10.6 Å². The third-order valence-corrected chi connectivity index (χ3v) is 7.78. The van der Waals surface area contributed by atoms with E-state index in [-0.39, 0.29) is 23.8 Å². The number of aryl methyl sites for hydroxylation is 2. The van der Waals surface area contributed by atoms with Gasteiger partial charge in [-0.2, -0.15) is 0 Å². The van der Waals surface area contributed by atoms with E-state index >= 15 is 0 Å². The lowest BCUT2D eigenvalue weighted by atomic mass is 10.0. The molecule has 0 radical (unpaired) electrons. The lowest BCUT2D eigenvalue weighted by Crippen LogP contribution is -2.28. The molecule has 0 bridgehead atoms. The number of rotatable bonds is 6. The van der Waals surface area contributed by atoms with Crippen molar-refractivity contribution in [1.29, 1.82) is 0 Å². The zero-order chi connectivity index (χ0) is 26.4. The van der Waals surface area contributed by atoms with E-state index in [2.05, 4.69) is 31.7 Å². The first-order valence-electron chi connectivity index (χ1n) is 12.7. The number of fused-ring (bicyclic) bond motifs is 2. The van der Waals surface area contributed by atoms with E-state index in [1.165, 1.54) is 16.9 Å². The van der Waals surface area contributed by atoms with E-state index in [4.69, 9.17) is 0 Å². The van der Waals surface area contributed by atoms with Crippen LogP contribution in [0.25, 0.3) is 32.2 Å². The van der Waals surface area contributed by atoms with Gasteiger partial charge in [-0.3, -0.25) is 9.59 Å². The highest BCUT2D eigenvalue weighted by atomic mass is 32.1. The summed E-state index contributed by atoms with van der Waals surface area (Å²) in [7, 11) is 0. The quantitative estimate of drug-likeness (QED) is 0.271. The standard InChI is InChI=1S/C30H27N5O2S/c1-16-4-6-19(7-5-16)17(2)31-29(37)27-23-14-21(10-12-24(23)32-18(3)33-27)22-11-13-25-26(15-22)38-30(34-25)35-28(36)20-8-9-20/h4-7,10-15,17,20H,8-9H2,1-3H3,(H,31,37)(H,34,35,36)/t17-/m0/s1. The van der Waals surface area contributed by atoms with Gasteiger partial charge >= 0.3 is 0 Å². The molecule has 0 spiro atoms. The topological polar surface area (TPSA) is 96.9 Å². The van der Waals surface area contributed by atoms with E-state index in [9.17, 15) is 9.59 Å². The number of carbonyl (C=O) groups is 2. The van der Waals surface area contributed by atoms with Crippen LogP contribution < -0.4 is 10.6 Å². The van der Waals surface area contributed by atoms with Crippen LogP contribution >= 0.6 is 11.3 Å². The Morgan fingerprint density at radius 3 is 2.34 bits per heavy atom. The van der Waals surface area contributed by atoms with Gasteiger partial charge in [0.25, 0.3) is 5.91 Å². The van der Waals surface area contributed by atoms with Gasteiger partial charge in [-0.05, 0) is 74.6 Å². The summed E-state index contributed by atoms with van der Waals surface area (Å²) in [6.45, 7) is 5.81. The van der Waals surface area contributed by atoms with Crippen molar-refractivity contribution in [2.45, 2.75) is 39.7 Å². The molecule has 0 unspecified atom stereocenters. The molecule has 0 aliphatic heterocycles. The second kappa shape index (κ2) is 9.61. The highest BCUT2D eigenvalue weighted by Gasteiger charge is 2.30. The van der Waals surface area contributed by atoms with Gasteiger partial charge in [-0.25, -0.2) is 15.0 Å². The molecule has 2 N–H and O–H groups in total. The van der Waals surface area contributed by atoms with Crippen molar-refractivity contribution >= 4 is 49.4 Å². The number of carbonyl (C=O) groups excluding carboxylic acids is 2. The minimum atomic E-state index is -0.236. The van der Waals surface area contributed by atoms with Crippen LogP contribution in [-0.2, 0) is 4.79 Å². The summed E-state index contributed by atoms with van der Waals surface area (Å²) in [5.74, 6) is 0.494. The van der Waals surface area contributed by atoms with Crippen molar-refractivity contribution < 1.29 is 9.59 Å². The third kappa shape index (κ3) is 4.87. The number of amides is 2. The van der Waals surface area contributed by atoms with Crippen molar-refractivity contribution in [3.63, 3.8) is 0 Å². The smallest absolute Gasteiger partial charge is 0.271 e. The summed E-state index contributed by atoms with van der Waals surface area (Å²) in [5.41, 5.74) is 6.07. The number of nitrogens with zero attached hydrogens (tertiary/aromatic N) is 3. The Kier molecular flexibility index (Phi) is 6.12. The SMILES string of the molecule is Cc1ccc([C@H](C)NC(=O)c2nc(C)nc3ccc(-c4ccc5nc(NC(=O)C6CC6)sc5c4)cc23)cc1. The van der Waals surface area contributed by atoms with Crippen molar-refractivity contribution in [3.8, 4) is 11.1 Å². The highest BCUT2D eigenvalue weighted by molar-refractivity contribution is 7.22. The first kappa shape index (κ1) is 24.2. The summed E-state index contributed by atoms with van der Waals surface area (Å²) in [6.07, 6.45) is 1.91. The Morgan fingerprint density at radius 1 is 0.895 bits per heavy atom. The number of hydrogen-bond acceptors (Lipinski definition) is 6. The van der Waals surface area contributed by atoms with Gasteiger partial charge in [0.15, 0.2) is 5.13 Å². The average molecular weight is 522 g/mol. The fourth-order valence-electron chi connectivity index (χ4n) is 4.51. The number of hydrogen-bond donors (Lipinski definition) is 2. The van der Waals surface area contributed by atoms with Crippen LogP contribution in [0.3, 0.4) is 0 Å². The summed E-state index contributed by atoms with van der Waals surface area (Å²) in [4.78, 5) is 39.2. The number of benzene rings is 3. The number of thiazole rings is 1. The Morgan fingerprint density at radius 2 is 1.61 bits per heavy atom. The van der Waals surface area contributed by atoms with Gasteiger partial charge in [0.1, 0.15) is 11.5 Å². The summed E-state index contributed by atoms with van der Waals surface area (Å²) >= 11 is 1.47. The molecule has 3 aromatic carbocycles. The van der Waals surface area contributed by atoms with Crippen LogP contribution in [0.4, 0.5) is 5.13 Å². The molecule has 8 heteroatoms. The molecule has 1 aliphatic rings. The lowest BCUT2D eigenvalue weighted by Gasteiger charge is -2.15. The maximum Gasteiger partial charge on any atom is 0.271 e. The fraction of sp³-hybridized carbons (Fsp3) is 0.233. The monoisotopic (exact) mass is 521 g/mol. The van der Waals surface area contributed by atoms with E-state index in [1.54, 1.807) is 6.92 Å². The van der Waals surface area contributed by atoms with Gasteiger partial charge in [0.05, 0.1) is 21.8 Å². The van der Waals surface area contributed by atoms with Crippen molar-refractivity contribution in [3.05, 3.63) is 83.3 Å². The molecule has 1 fully saturated rings. The van der Waals surface area contributed by atoms with Crippen molar-refractivity contribution in [2.24, 2.45) is 5.92 Å². The molecule has 6 rings (SSSR count). The Balaban J connectivity index is 1.31. The van der Waals surface area contributed by atoms with Crippen LogP contribution in [0, 0.1) is 19.8 Å². The van der Waals surface area contributed by atoms with Crippen LogP contribution in [-0.4, -0.2) is 26.8 Å². The van der Waals surface area contributed by atoms with E-state index in [0.717, 1.165) is 45.3 Å². The van der Waals surface area contributed by atoms with Gasteiger partial charge in [-0.1, -0.05) is 53.3 Å². The number of nitrogens with one attached hydrogen (secondary N) is 2. The molecule has 2 heterocycles. The minimum Gasteiger partial charge on any atom is -0.344 e. The largest absolute Gasteiger partial charge is 0.344 e. The molecule has 2 aromatic heterocycles. The van der Waals surface area contributed by atoms with Crippen LogP contribution in [0.2, 0.25) is 0 Å². The van der Waals surface area contributed by atoms with Gasteiger partial charge in [0.2, 0.25) is 5.91 Å². The molecule has 1 aliphatic carbocycles. The molecular weight excluding hydrogens is 494 g/mol. The molecule has 2 amide bonds. The number of anilines is 1. The molecule has 190 valence electrons. The minimum absolute atomic E-state index is 0.0524. The summed E-state index contributed by atoms with van der Waals surface area (Å²) in [6, 6.07) is 19.9. The average Bonchev–Trinajstić information content (AvgIpc) is 3.68. The molecule has 1 atom stereocenters. The molecular formula is C30H27N5O2S. The van der Waals surface area contributed by atoms with E-state index < -0.39 is 0 Å². The molecule has 38 heavy (non-hydrogen) atoms. The van der Waals surface area contributed by atoms with Crippen LogP contribution in [0.15, 0.2) is 60.7 Å². The molecule has 0 saturated heterocycles. The third-order valence-electron chi connectivity index (χ3n) is 6.85. The summed E-state index contributed by atoms with van der Waals surface area (Å²) < 4.78 is 0.985. The van der Waals surface area contributed by atoms with Gasteiger partial charge in [-0.15, -0.1) is 0 Å². The molecule has 5 aromatic rings. The lowest BCUT2D eigenvalue weighted by molar-refractivity contribution is -0.117. The molecule has 7 nitrogen and oxygen atoms in total. The normalized spacial score (nSPS) is 14.0. The predicted octanol–water partition coefficient (Wildman–Crippen LogP) is 6.36. The predicted molar refractivity (Wildman–Crippen MR) is 151 cm³/mol. The fourth-order valence-corrected chi connectivity index (χ4v) is 5.42. The Labute approximate surface area is 224 Å².